The molecule has 1 saturated heterocycles. The largest absolute Gasteiger partial charge is 0.497 e. The lowest BCUT2D eigenvalue weighted by Crippen LogP contribution is -2.37. The molecule has 1 fully saturated rings. The Hall–Kier alpha value is -4.60. The van der Waals surface area contributed by atoms with Gasteiger partial charge in [-0.15, -0.1) is 0 Å². The number of benzene rings is 2. The van der Waals surface area contributed by atoms with Crippen LogP contribution in [0.1, 0.15) is 29.5 Å². The molecular formula is C26H25N3O7. The molecule has 2 heterocycles. The van der Waals surface area contributed by atoms with Crippen LogP contribution in [0.25, 0.3) is 0 Å². The number of hydrogen-bond acceptors (Lipinski definition) is 7. The number of carbonyl (C=O) groups excluding carboxylic acids is 4. The third-order valence-electron chi connectivity index (χ3n) is 5.59. The Labute approximate surface area is 207 Å². The van der Waals surface area contributed by atoms with Crippen molar-refractivity contribution in [1.82, 2.24) is 4.90 Å². The van der Waals surface area contributed by atoms with Gasteiger partial charge in [0.05, 0.1) is 44.2 Å². The van der Waals surface area contributed by atoms with Gasteiger partial charge in [-0.3, -0.25) is 9.59 Å². The Bertz CT molecular complexity index is 1250. The number of nitrogens with one attached hydrogen (secondary N) is 1. The zero-order valence-electron chi connectivity index (χ0n) is 19.8. The van der Waals surface area contributed by atoms with Crippen LogP contribution in [0, 0.1) is 0 Å². The van der Waals surface area contributed by atoms with Gasteiger partial charge in [0.1, 0.15) is 17.6 Å². The molecule has 1 aliphatic rings. The molecule has 4 amide bonds. The molecule has 0 saturated carbocycles. The highest BCUT2D eigenvalue weighted by molar-refractivity contribution is 6.22. The number of esters is 1. The molecule has 3 aromatic rings. The van der Waals surface area contributed by atoms with Gasteiger partial charge in [0, 0.05) is 11.8 Å². The number of ether oxygens (including phenoxy) is 2. The predicted molar refractivity (Wildman–Crippen MR) is 130 cm³/mol. The predicted octanol–water partition coefficient (Wildman–Crippen LogP) is 3.83. The highest BCUT2D eigenvalue weighted by Gasteiger charge is 2.47. The molecule has 0 bridgehead atoms. The molecule has 0 unspecified atom stereocenters. The third-order valence-corrected chi connectivity index (χ3v) is 5.59. The van der Waals surface area contributed by atoms with Gasteiger partial charge in [-0.1, -0.05) is 6.07 Å². The molecule has 0 aliphatic carbocycles. The minimum Gasteiger partial charge on any atom is -0.497 e. The summed E-state index contributed by atoms with van der Waals surface area (Å²) in [4.78, 5) is 53.8. The molecule has 10 heteroatoms. The Morgan fingerprint density at radius 3 is 2.50 bits per heavy atom. The van der Waals surface area contributed by atoms with E-state index in [1.54, 1.807) is 55.5 Å². The quantitative estimate of drug-likeness (QED) is 0.357. The van der Waals surface area contributed by atoms with Gasteiger partial charge in [-0.2, -0.15) is 0 Å². The molecule has 0 radical (unpaired) electrons. The maximum Gasteiger partial charge on any atom is 0.338 e. The van der Waals surface area contributed by atoms with Crippen LogP contribution in [0.3, 0.4) is 0 Å². The molecule has 1 aliphatic heterocycles. The van der Waals surface area contributed by atoms with E-state index < -0.39 is 29.9 Å². The van der Waals surface area contributed by atoms with Crippen molar-refractivity contribution in [3.05, 3.63) is 78.3 Å². The summed E-state index contributed by atoms with van der Waals surface area (Å²) in [6.07, 6.45) is 1.20. The summed E-state index contributed by atoms with van der Waals surface area (Å²) in [6, 6.07) is 14.5. The summed E-state index contributed by atoms with van der Waals surface area (Å²) in [6.45, 7) is 1.99. The minimum atomic E-state index is -1.05. The standard InChI is InChI=1S/C26H25N3O7/c1-3-35-25(32)17-9-11-18(12-10-17)27-23(30)15-22-24(31)29(19-6-4-7-20(14-19)34-2)26(33)28(22)16-21-8-5-13-36-21/h4-14,22H,3,15-16H2,1-2H3,(H,27,30)/t22-/m1/s1. The van der Waals surface area contributed by atoms with Crippen molar-refractivity contribution in [3.8, 4) is 5.75 Å². The number of amides is 4. The van der Waals surface area contributed by atoms with Crippen molar-refractivity contribution in [2.45, 2.75) is 25.9 Å². The fourth-order valence-corrected chi connectivity index (χ4v) is 3.86. The fourth-order valence-electron chi connectivity index (χ4n) is 3.86. The van der Waals surface area contributed by atoms with Gasteiger partial charge in [-0.25, -0.2) is 14.5 Å². The van der Waals surface area contributed by atoms with Gasteiger partial charge in [-0.05, 0) is 55.5 Å². The van der Waals surface area contributed by atoms with Crippen LogP contribution in [-0.4, -0.2) is 48.5 Å². The lowest BCUT2D eigenvalue weighted by atomic mass is 10.1. The second kappa shape index (κ2) is 10.8. The van der Waals surface area contributed by atoms with Crippen LogP contribution in [-0.2, 0) is 20.9 Å². The molecule has 1 atom stereocenters. The number of hydrogen-bond donors (Lipinski definition) is 1. The Morgan fingerprint density at radius 2 is 1.83 bits per heavy atom. The van der Waals surface area contributed by atoms with Crippen LogP contribution in [0.5, 0.6) is 5.75 Å². The molecular weight excluding hydrogens is 466 g/mol. The molecule has 186 valence electrons. The first-order chi connectivity index (χ1) is 17.4. The highest BCUT2D eigenvalue weighted by atomic mass is 16.5. The molecule has 0 spiro atoms. The summed E-state index contributed by atoms with van der Waals surface area (Å²) < 4.78 is 15.5. The van der Waals surface area contributed by atoms with E-state index in [1.165, 1.54) is 30.4 Å². The minimum absolute atomic E-state index is 0.0181. The molecule has 10 nitrogen and oxygen atoms in total. The molecule has 1 aromatic heterocycles. The first kappa shape index (κ1) is 24.5. The Balaban J connectivity index is 1.53. The summed E-state index contributed by atoms with van der Waals surface area (Å²) in [7, 11) is 1.49. The number of anilines is 2. The number of nitrogens with zero attached hydrogens (tertiary/aromatic N) is 2. The van der Waals surface area contributed by atoms with E-state index in [0.717, 1.165) is 4.90 Å². The molecule has 1 N–H and O–H groups in total. The summed E-state index contributed by atoms with van der Waals surface area (Å²) in [5.41, 5.74) is 1.13. The SMILES string of the molecule is CCOC(=O)c1ccc(NC(=O)C[C@@H]2C(=O)N(c3cccc(OC)c3)C(=O)N2Cc2ccco2)cc1. The van der Waals surface area contributed by atoms with Crippen molar-refractivity contribution in [2.75, 3.05) is 23.9 Å². The number of rotatable bonds is 9. The van der Waals surface area contributed by atoms with Crippen molar-refractivity contribution < 1.29 is 33.1 Å². The van der Waals surface area contributed by atoms with E-state index >= 15 is 0 Å². The maximum absolute atomic E-state index is 13.4. The summed E-state index contributed by atoms with van der Waals surface area (Å²) in [5.74, 6) is -0.506. The monoisotopic (exact) mass is 491 g/mol. The van der Waals surface area contributed by atoms with Crippen LogP contribution in [0.4, 0.5) is 16.2 Å². The average molecular weight is 492 g/mol. The normalized spacial score (nSPS) is 15.2. The lowest BCUT2D eigenvalue weighted by molar-refractivity contribution is -0.124. The van der Waals surface area contributed by atoms with Gasteiger partial charge in [0.25, 0.3) is 5.91 Å². The molecule has 2 aromatic carbocycles. The average Bonchev–Trinajstić information content (AvgIpc) is 3.47. The second-order valence-electron chi connectivity index (χ2n) is 7.93. The number of imide groups is 1. The first-order valence-corrected chi connectivity index (χ1v) is 11.3. The fraction of sp³-hybridized carbons (Fsp3) is 0.231. The van der Waals surface area contributed by atoms with Crippen molar-refractivity contribution in [2.24, 2.45) is 0 Å². The molecule has 36 heavy (non-hydrogen) atoms. The Morgan fingerprint density at radius 1 is 1.06 bits per heavy atom. The van der Waals surface area contributed by atoms with Crippen LogP contribution < -0.4 is 15.0 Å². The second-order valence-corrected chi connectivity index (χ2v) is 7.93. The molecule has 4 rings (SSSR count). The third kappa shape index (κ3) is 5.22. The van der Waals surface area contributed by atoms with E-state index in [2.05, 4.69) is 5.32 Å². The van der Waals surface area contributed by atoms with E-state index in [0.29, 0.717) is 28.4 Å². The zero-order chi connectivity index (χ0) is 25.7. The zero-order valence-corrected chi connectivity index (χ0v) is 19.8. The van der Waals surface area contributed by atoms with Crippen LogP contribution >= 0.6 is 0 Å². The first-order valence-electron chi connectivity index (χ1n) is 11.3. The van der Waals surface area contributed by atoms with E-state index in [1.807, 2.05) is 0 Å². The lowest BCUT2D eigenvalue weighted by Gasteiger charge is -2.20. The van der Waals surface area contributed by atoms with Crippen LogP contribution in [0.15, 0.2) is 71.3 Å². The number of urea groups is 1. The van der Waals surface area contributed by atoms with E-state index in [-0.39, 0.29) is 19.6 Å². The maximum atomic E-state index is 13.4. The van der Waals surface area contributed by atoms with E-state index in [9.17, 15) is 19.2 Å². The van der Waals surface area contributed by atoms with Gasteiger partial charge >= 0.3 is 12.0 Å². The van der Waals surface area contributed by atoms with Crippen LogP contribution in [0.2, 0.25) is 0 Å². The number of carbonyl (C=O) groups is 4. The Kier molecular flexibility index (Phi) is 7.33. The van der Waals surface area contributed by atoms with Crippen molar-refractivity contribution in [3.63, 3.8) is 0 Å². The van der Waals surface area contributed by atoms with Crippen molar-refractivity contribution in [1.29, 1.82) is 0 Å². The van der Waals surface area contributed by atoms with Crippen molar-refractivity contribution >= 4 is 35.2 Å². The number of furan rings is 1. The smallest absolute Gasteiger partial charge is 0.338 e. The number of methoxy groups -OCH3 is 1. The van der Waals surface area contributed by atoms with Gasteiger partial charge < -0.3 is 24.1 Å². The van der Waals surface area contributed by atoms with E-state index in [4.69, 9.17) is 13.9 Å². The van der Waals surface area contributed by atoms with Gasteiger partial charge in [0.2, 0.25) is 5.91 Å². The summed E-state index contributed by atoms with van der Waals surface area (Å²) in [5, 5.41) is 2.71. The highest BCUT2D eigenvalue weighted by Crippen LogP contribution is 2.30. The topological polar surface area (TPSA) is 118 Å². The van der Waals surface area contributed by atoms with Gasteiger partial charge in [0.15, 0.2) is 0 Å². The summed E-state index contributed by atoms with van der Waals surface area (Å²) >= 11 is 0.